The van der Waals surface area contributed by atoms with Crippen LogP contribution in [0.5, 0.6) is 0 Å². The van der Waals surface area contributed by atoms with Gasteiger partial charge in [-0.15, -0.1) is 11.6 Å². The van der Waals surface area contributed by atoms with Gasteiger partial charge in [0.15, 0.2) is 0 Å². The summed E-state index contributed by atoms with van der Waals surface area (Å²) in [4.78, 5) is 5.10. The van der Waals surface area contributed by atoms with E-state index in [0.29, 0.717) is 5.88 Å². The topological polar surface area (TPSA) is 6.48 Å². The summed E-state index contributed by atoms with van der Waals surface area (Å²) in [7, 11) is 0. The Bertz CT molecular complexity index is 440. The van der Waals surface area contributed by atoms with Gasteiger partial charge in [-0.25, -0.2) is 0 Å². The molecule has 2 aliphatic rings. The number of anilines is 1. The van der Waals surface area contributed by atoms with E-state index >= 15 is 0 Å². The van der Waals surface area contributed by atoms with E-state index in [1.807, 2.05) is 0 Å². The van der Waals surface area contributed by atoms with Crippen LogP contribution < -0.4 is 4.90 Å². The molecule has 0 atom stereocenters. The molecule has 2 nitrogen and oxygen atoms in total. The van der Waals surface area contributed by atoms with E-state index in [4.69, 9.17) is 11.6 Å². The summed E-state index contributed by atoms with van der Waals surface area (Å²) in [5, 5.41) is 0. The van der Waals surface area contributed by atoms with Crippen LogP contribution in [0, 0.1) is 5.92 Å². The Morgan fingerprint density at radius 3 is 2.47 bits per heavy atom. The van der Waals surface area contributed by atoms with Crippen LogP contribution in [-0.4, -0.2) is 37.6 Å². The van der Waals surface area contributed by atoms with Gasteiger partial charge < -0.3 is 4.90 Å². The molecule has 4 heteroatoms. The number of nitrogens with zero attached hydrogens (tertiary/aromatic N) is 2. The molecule has 1 saturated carbocycles. The Hall–Kier alpha value is -0.250. The molecule has 1 heterocycles. The molecular weight excluding hydrogens is 324 g/mol. The smallest absolute Gasteiger partial charge is 0.0485 e. The molecule has 0 aromatic heterocycles. The first-order chi connectivity index (χ1) is 9.26. The summed E-state index contributed by atoms with van der Waals surface area (Å²) in [6.45, 7) is 6.00. The van der Waals surface area contributed by atoms with Crippen molar-refractivity contribution in [3.63, 3.8) is 0 Å². The van der Waals surface area contributed by atoms with Crippen molar-refractivity contribution in [3.05, 3.63) is 28.2 Å². The van der Waals surface area contributed by atoms with E-state index in [9.17, 15) is 0 Å². The molecule has 0 unspecified atom stereocenters. The van der Waals surface area contributed by atoms with Gasteiger partial charge in [0, 0.05) is 48.8 Å². The van der Waals surface area contributed by atoms with E-state index < -0.39 is 0 Å². The third-order valence-corrected chi connectivity index (χ3v) is 5.16. The zero-order chi connectivity index (χ0) is 13.2. The van der Waals surface area contributed by atoms with Crippen molar-refractivity contribution in [2.45, 2.75) is 18.7 Å². The highest BCUT2D eigenvalue weighted by Gasteiger charge is 2.26. The number of hydrogen-bond donors (Lipinski definition) is 0. The monoisotopic (exact) mass is 342 g/mol. The van der Waals surface area contributed by atoms with Gasteiger partial charge in [0.2, 0.25) is 0 Å². The number of benzene rings is 1. The maximum absolute atomic E-state index is 5.89. The number of piperazine rings is 1. The lowest BCUT2D eigenvalue weighted by atomic mass is 10.2. The lowest BCUT2D eigenvalue weighted by Gasteiger charge is -2.36. The van der Waals surface area contributed by atoms with Crippen molar-refractivity contribution >= 4 is 33.2 Å². The molecule has 1 saturated heterocycles. The Morgan fingerprint density at radius 2 is 1.89 bits per heavy atom. The molecular formula is C15H20BrClN2. The van der Waals surface area contributed by atoms with Crippen molar-refractivity contribution in [2.75, 3.05) is 37.6 Å². The van der Waals surface area contributed by atoms with Crippen LogP contribution in [0.15, 0.2) is 22.7 Å². The maximum atomic E-state index is 5.89. The fourth-order valence-electron chi connectivity index (χ4n) is 2.70. The van der Waals surface area contributed by atoms with Crippen LogP contribution in [-0.2, 0) is 5.88 Å². The third-order valence-electron chi connectivity index (χ3n) is 4.13. The summed E-state index contributed by atoms with van der Waals surface area (Å²) < 4.78 is 1.13. The van der Waals surface area contributed by atoms with Crippen LogP contribution in [0.2, 0.25) is 0 Å². The Balaban J connectivity index is 1.59. The van der Waals surface area contributed by atoms with Gasteiger partial charge in [0.05, 0.1) is 0 Å². The molecule has 104 valence electrons. The predicted octanol–water partition coefficient (Wildman–Crippen LogP) is 3.72. The van der Waals surface area contributed by atoms with Crippen molar-refractivity contribution < 1.29 is 0 Å². The molecule has 1 aliphatic heterocycles. The van der Waals surface area contributed by atoms with E-state index in [2.05, 4.69) is 43.9 Å². The largest absolute Gasteiger partial charge is 0.369 e. The van der Waals surface area contributed by atoms with Gasteiger partial charge >= 0.3 is 0 Å². The number of halogens is 2. The van der Waals surface area contributed by atoms with Gasteiger partial charge in [-0.05, 0) is 36.5 Å². The second kappa shape index (κ2) is 6.02. The third kappa shape index (κ3) is 3.45. The number of alkyl halides is 1. The van der Waals surface area contributed by atoms with Gasteiger partial charge in [0.1, 0.15) is 0 Å². The minimum Gasteiger partial charge on any atom is -0.369 e. The molecule has 2 fully saturated rings. The minimum atomic E-state index is 0.566. The zero-order valence-electron chi connectivity index (χ0n) is 11.1. The van der Waals surface area contributed by atoms with Crippen LogP contribution in [0.3, 0.4) is 0 Å². The van der Waals surface area contributed by atoms with E-state index in [0.717, 1.165) is 29.0 Å². The second-order valence-electron chi connectivity index (χ2n) is 5.64. The summed E-state index contributed by atoms with van der Waals surface area (Å²) in [6, 6.07) is 6.52. The average Bonchev–Trinajstić information content (AvgIpc) is 3.23. The molecule has 1 aromatic rings. The van der Waals surface area contributed by atoms with E-state index in [1.54, 1.807) is 0 Å². The SMILES string of the molecule is ClCc1ccc(N2CCN(CC3CC3)CC2)cc1Br. The molecule has 0 amide bonds. The van der Waals surface area contributed by atoms with E-state index in [1.165, 1.54) is 38.2 Å². The number of rotatable bonds is 4. The number of hydrogen-bond acceptors (Lipinski definition) is 2. The summed E-state index contributed by atoms with van der Waals surface area (Å²) in [5.74, 6) is 1.57. The molecule has 0 N–H and O–H groups in total. The highest BCUT2D eigenvalue weighted by Crippen LogP contribution is 2.30. The summed E-state index contributed by atoms with van der Waals surface area (Å²) in [6.07, 6.45) is 2.90. The van der Waals surface area contributed by atoms with E-state index in [-0.39, 0.29) is 0 Å². The minimum absolute atomic E-state index is 0.566. The first kappa shape index (κ1) is 13.7. The molecule has 19 heavy (non-hydrogen) atoms. The highest BCUT2D eigenvalue weighted by molar-refractivity contribution is 9.10. The predicted molar refractivity (Wildman–Crippen MR) is 85.1 cm³/mol. The molecule has 0 radical (unpaired) electrons. The van der Waals surface area contributed by atoms with Crippen molar-refractivity contribution in [2.24, 2.45) is 5.92 Å². The van der Waals surface area contributed by atoms with Crippen LogP contribution in [0.1, 0.15) is 18.4 Å². The average molecular weight is 344 g/mol. The van der Waals surface area contributed by atoms with Crippen molar-refractivity contribution in [1.82, 2.24) is 4.90 Å². The van der Waals surface area contributed by atoms with Gasteiger partial charge in [-0.2, -0.15) is 0 Å². The van der Waals surface area contributed by atoms with Crippen LogP contribution in [0.4, 0.5) is 5.69 Å². The fourth-order valence-corrected chi connectivity index (χ4v) is 3.60. The molecule has 3 rings (SSSR count). The highest BCUT2D eigenvalue weighted by atomic mass is 79.9. The van der Waals surface area contributed by atoms with Crippen LogP contribution in [0.25, 0.3) is 0 Å². The molecule has 1 aromatic carbocycles. The van der Waals surface area contributed by atoms with Crippen molar-refractivity contribution in [1.29, 1.82) is 0 Å². The van der Waals surface area contributed by atoms with Crippen molar-refractivity contribution in [3.8, 4) is 0 Å². The summed E-state index contributed by atoms with van der Waals surface area (Å²) in [5.41, 5.74) is 2.48. The Labute approximate surface area is 128 Å². The normalized spacial score (nSPS) is 20.8. The first-order valence-electron chi connectivity index (χ1n) is 7.08. The fraction of sp³-hybridized carbons (Fsp3) is 0.600. The van der Waals surface area contributed by atoms with Gasteiger partial charge in [-0.1, -0.05) is 22.0 Å². The quantitative estimate of drug-likeness (QED) is 0.769. The summed E-state index contributed by atoms with van der Waals surface area (Å²) >= 11 is 9.50. The Kier molecular flexibility index (Phi) is 4.35. The Morgan fingerprint density at radius 1 is 1.16 bits per heavy atom. The first-order valence-corrected chi connectivity index (χ1v) is 8.40. The second-order valence-corrected chi connectivity index (χ2v) is 6.76. The lowest BCUT2D eigenvalue weighted by molar-refractivity contribution is 0.248. The van der Waals surface area contributed by atoms with Gasteiger partial charge in [-0.3, -0.25) is 4.90 Å². The van der Waals surface area contributed by atoms with Crippen LogP contribution >= 0.6 is 27.5 Å². The molecule has 1 aliphatic carbocycles. The standard InChI is InChI=1S/C15H20BrClN2/c16-15-9-14(4-3-13(15)10-17)19-7-5-18(6-8-19)11-12-1-2-12/h3-4,9,12H,1-2,5-8,10-11H2. The van der Waals surface area contributed by atoms with Gasteiger partial charge in [0.25, 0.3) is 0 Å². The lowest BCUT2D eigenvalue weighted by Crippen LogP contribution is -2.47. The zero-order valence-corrected chi connectivity index (χ0v) is 13.5. The maximum Gasteiger partial charge on any atom is 0.0485 e. The molecule has 0 bridgehead atoms. The molecule has 0 spiro atoms.